The number of H-pyrrole nitrogens is 1. The molecule has 1 N–H and O–H groups in total. The number of piperazine rings is 1. The van der Waals surface area contributed by atoms with Gasteiger partial charge in [-0.15, -0.1) is 0 Å². The molecule has 0 radical (unpaired) electrons. The van der Waals surface area contributed by atoms with Gasteiger partial charge in [0.05, 0.1) is 12.2 Å². The fourth-order valence-corrected chi connectivity index (χ4v) is 5.05. The highest BCUT2D eigenvalue weighted by atomic mass is 19.1. The Morgan fingerprint density at radius 1 is 1.14 bits per heavy atom. The first kappa shape index (κ1) is 23.1. The van der Waals surface area contributed by atoms with Crippen LogP contribution >= 0.6 is 0 Å². The van der Waals surface area contributed by atoms with Gasteiger partial charge in [0.15, 0.2) is 0 Å². The normalized spacial score (nSPS) is 18.6. The van der Waals surface area contributed by atoms with Crippen LogP contribution < -0.4 is 0 Å². The molecule has 2 unspecified atom stereocenters. The number of ether oxygens (including phenoxy) is 1. The van der Waals surface area contributed by atoms with Gasteiger partial charge in [0.2, 0.25) is 0 Å². The molecule has 4 aromatic rings. The quantitative estimate of drug-likeness (QED) is 0.392. The van der Waals surface area contributed by atoms with Crippen molar-refractivity contribution in [2.24, 2.45) is 0 Å². The third-order valence-electron chi connectivity index (χ3n) is 6.81. The molecule has 5 rings (SSSR count). The molecule has 35 heavy (non-hydrogen) atoms. The monoisotopic (exact) mass is 472 g/mol. The van der Waals surface area contributed by atoms with Gasteiger partial charge in [0.25, 0.3) is 0 Å². The highest BCUT2D eigenvalue weighted by Crippen LogP contribution is 2.35. The van der Waals surface area contributed by atoms with Crippen LogP contribution in [0.4, 0.5) is 9.18 Å². The first-order valence-electron chi connectivity index (χ1n) is 12.0. The van der Waals surface area contributed by atoms with Crippen LogP contribution in [0.3, 0.4) is 0 Å². The van der Waals surface area contributed by atoms with Crippen LogP contribution in [0.5, 0.6) is 0 Å². The Kier molecular flexibility index (Phi) is 6.77. The summed E-state index contributed by atoms with van der Waals surface area (Å²) in [7, 11) is 0. The Bertz CT molecular complexity index is 1290. The molecular formula is C28H29FN4O2. The predicted octanol–water partition coefficient (Wildman–Crippen LogP) is 5.68. The van der Waals surface area contributed by atoms with E-state index in [9.17, 15) is 9.18 Å². The Morgan fingerprint density at radius 3 is 2.80 bits per heavy atom. The molecule has 0 saturated carbocycles. The van der Waals surface area contributed by atoms with E-state index in [0.29, 0.717) is 12.1 Å². The van der Waals surface area contributed by atoms with Crippen LogP contribution in [0.25, 0.3) is 10.9 Å². The van der Waals surface area contributed by atoms with Crippen molar-refractivity contribution in [3.63, 3.8) is 0 Å². The van der Waals surface area contributed by atoms with E-state index in [4.69, 9.17) is 4.74 Å². The Morgan fingerprint density at radius 2 is 2.00 bits per heavy atom. The highest BCUT2D eigenvalue weighted by Gasteiger charge is 2.39. The summed E-state index contributed by atoms with van der Waals surface area (Å²) in [5, 5.41) is 1.10. The van der Waals surface area contributed by atoms with Crippen LogP contribution in [0.2, 0.25) is 0 Å². The number of hydrogen-bond acceptors (Lipinski definition) is 4. The summed E-state index contributed by atoms with van der Waals surface area (Å²) in [6.45, 7) is 4.10. The van der Waals surface area contributed by atoms with E-state index >= 15 is 0 Å². The Hall–Kier alpha value is -3.71. The van der Waals surface area contributed by atoms with Crippen LogP contribution in [-0.2, 0) is 17.9 Å². The minimum Gasteiger partial charge on any atom is -0.444 e. The number of aromatic amines is 1. The highest BCUT2D eigenvalue weighted by molar-refractivity contribution is 5.80. The van der Waals surface area contributed by atoms with E-state index in [2.05, 4.69) is 64.3 Å². The number of carbonyl (C=O) groups excluding carboxylic acids is 1. The van der Waals surface area contributed by atoms with Gasteiger partial charge >= 0.3 is 6.09 Å². The van der Waals surface area contributed by atoms with E-state index in [1.807, 2.05) is 23.2 Å². The maximum atomic E-state index is 14.0. The number of amides is 1. The predicted molar refractivity (Wildman–Crippen MR) is 133 cm³/mol. The number of carbonyl (C=O) groups is 1. The molecule has 6 nitrogen and oxygen atoms in total. The van der Waals surface area contributed by atoms with Gasteiger partial charge in [0.1, 0.15) is 12.4 Å². The second-order valence-electron chi connectivity index (χ2n) is 8.92. The minimum atomic E-state index is -0.478. The van der Waals surface area contributed by atoms with Gasteiger partial charge < -0.3 is 9.72 Å². The molecule has 1 fully saturated rings. The molecule has 1 aliphatic rings. The van der Waals surface area contributed by atoms with E-state index in [0.717, 1.165) is 42.2 Å². The van der Waals surface area contributed by atoms with E-state index in [1.54, 1.807) is 0 Å². The van der Waals surface area contributed by atoms with Gasteiger partial charge in [-0.25, -0.2) is 9.18 Å². The largest absolute Gasteiger partial charge is 0.444 e. The number of pyridine rings is 1. The van der Waals surface area contributed by atoms with Gasteiger partial charge in [-0.1, -0.05) is 43.3 Å². The fourth-order valence-electron chi connectivity index (χ4n) is 5.05. The number of rotatable bonds is 6. The maximum absolute atomic E-state index is 14.0. The molecule has 2 atom stereocenters. The molecule has 3 heterocycles. The second kappa shape index (κ2) is 10.3. The summed E-state index contributed by atoms with van der Waals surface area (Å²) in [4.78, 5) is 24.6. The molecule has 2 aromatic carbocycles. The average Bonchev–Trinajstić information content (AvgIpc) is 3.36. The van der Waals surface area contributed by atoms with Crippen molar-refractivity contribution in [2.75, 3.05) is 13.1 Å². The van der Waals surface area contributed by atoms with Crippen molar-refractivity contribution in [1.82, 2.24) is 19.8 Å². The summed E-state index contributed by atoms with van der Waals surface area (Å²) in [5.74, 6) is -0.478. The molecular weight excluding hydrogens is 443 g/mol. The topological polar surface area (TPSA) is 61.5 Å². The van der Waals surface area contributed by atoms with Gasteiger partial charge in [-0.3, -0.25) is 14.8 Å². The third-order valence-corrected chi connectivity index (χ3v) is 6.81. The lowest BCUT2D eigenvalue weighted by molar-refractivity contribution is 0.00288. The zero-order chi connectivity index (χ0) is 24.2. The number of hydrogen-bond donors (Lipinski definition) is 1. The van der Waals surface area contributed by atoms with E-state index in [-0.39, 0.29) is 18.7 Å². The van der Waals surface area contributed by atoms with Crippen LogP contribution in [0, 0.1) is 5.82 Å². The van der Waals surface area contributed by atoms with Gasteiger partial charge in [-0.2, -0.15) is 0 Å². The van der Waals surface area contributed by atoms with Crippen molar-refractivity contribution >= 4 is 17.0 Å². The van der Waals surface area contributed by atoms with Crippen molar-refractivity contribution in [3.8, 4) is 0 Å². The smallest absolute Gasteiger partial charge is 0.410 e. The molecule has 1 amide bonds. The summed E-state index contributed by atoms with van der Waals surface area (Å²) < 4.78 is 19.7. The molecule has 1 aliphatic heterocycles. The third kappa shape index (κ3) is 4.91. The SMILES string of the molecule is CCC1C(c2ccc3[nH]ccc3c2)N(C(=O)OCc2ccncc2F)CCN1Cc1ccccc1. The first-order valence-corrected chi connectivity index (χ1v) is 12.0. The number of fused-ring (bicyclic) bond motifs is 1. The molecule has 180 valence electrons. The van der Waals surface area contributed by atoms with Crippen molar-refractivity contribution in [2.45, 2.75) is 38.6 Å². The zero-order valence-corrected chi connectivity index (χ0v) is 19.7. The first-order chi connectivity index (χ1) is 17.1. The summed E-state index contributed by atoms with van der Waals surface area (Å²) >= 11 is 0. The van der Waals surface area contributed by atoms with E-state index in [1.165, 1.54) is 17.8 Å². The lowest BCUT2D eigenvalue weighted by Crippen LogP contribution is -2.56. The van der Waals surface area contributed by atoms with Crippen molar-refractivity contribution in [1.29, 1.82) is 0 Å². The zero-order valence-electron chi connectivity index (χ0n) is 19.7. The molecule has 1 saturated heterocycles. The Balaban J connectivity index is 1.44. The van der Waals surface area contributed by atoms with Crippen LogP contribution in [-0.4, -0.2) is 45.0 Å². The second-order valence-corrected chi connectivity index (χ2v) is 8.92. The number of nitrogens with one attached hydrogen (secondary N) is 1. The van der Waals surface area contributed by atoms with Crippen LogP contribution in [0.1, 0.15) is 36.1 Å². The van der Waals surface area contributed by atoms with Crippen LogP contribution in [0.15, 0.2) is 79.3 Å². The minimum absolute atomic E-state index is 0.102. The summed E-state index contributed by atoms with van der Waals surface area (Å²) in [6, 6.07) is 20.2. The summed E-state index contributed by atoms with van der Waals surface area (Å²) in [6.07, 6.45) is 4.98. The molecule has 0 spiro atoms. The van der Waals surface area contributed by atoms with E-state index < -0.39 is 11.9 Å². The maximum Gasteiger partial charge on any atom is 0.410 e. The average molecular weight is 473 g/mol. The molecule has 2 aromatic heterocycles. The van der Waals surface area contributed by atoms with Crippen molar-refractivity contribution < 1.29 is 13.9 Å². The van der Waals surface area contributed by atoms with Crippen molar-refractivity contribution in [3.05, 3.63) is 102 Å². The lowest BCUT2D eigenvalue weighted by atomic mass is 9.91. The number of benzene rings is 2. The number of nitrogens with zero attached hydrogens (tertiary/aromatic N) is 3. The summed E-state index contributed by atoms with van der Waals surface area (Å²) in [5.41, 5.74) is 3.68. The van der Waals surface area contributed by atoms with Gasteiger partial charge in [0, 0.05) is 49.1 Å². The molecule has 0 bridgehead atoms. The molecule has 0 aliphatic carbocycles. The number of halogens is 1. The fraction of sp³-hybridized carbons (Fsp3) is 0.286. The van der Waals surface area contributed by atoms with Gasteiger partial charge in [-0.05, 0) is 47.2 Å². The molecule has 7 heteroatoms. The standard InChI is InChI=1S/C28H29FN4O2/c1-2-26-27(22-8-9-25-21(16-22)11-13-31-25)33(15-14-32(26)18-20-6-4-3-5-7-20)28(34)35-19-23-10-12-30-17-24(23)29/h3-13,16-17,26-27,31H,2,14-15,18-19H2,1H3. The number of aromatic nitrogens is 2. The lowest BCUT2D eigenvalue weighted by Gasteiger charge is -2.47. The Labute approximate surface area is 204 Å².